The van der Waals surface area contributed by atoms with Gasteiger partial charge in [0.25, 0.3) is 5.91 Å². The summed E-state index contributed by atoms with van der Waals surface area (Å²) in [6.07, 6.45) is -0.268. The predicted octanol–water partition coefficient (Wildman–Crippen LogP) is 4.22. The lowest BCUT2D eigenvalue weighted by atomic mass is 9.94. The average Bonchev–Trinajstić information content (AvgIpc) is 3.22. The number of para-hydroxylation sites is 1. The fourth-order valence-corrected chi connectivity index (χ4v) is 3.58. The largest absolute Gasteiger partial charge is 0.481 e. The minimum absolute atomic E-state index is 0.00839. The van der Waals surface area contributed by atoms with E-state index in [-0.39, 0.29) is 24.6 Å². The zero-order valence-electron chi connectivity index (χ0n) is 20.8. The molecule has 0 aliphatic rings. The molecule has 3 rings (SSSR count). The number of aliphatic hydroxyl groups is 1. The third kappa shape index (κ3) is 6.48. The summed E-state index contributed by atoms with van der Waals surface area (Å²) in [7, 11) is 0. The van der Waals surface area contributed by atoms with Gasteiger partial charge < -0.3 is 20.3 Å². The highest BCUT2D eigenvalue weighted by Gasteiger charge is 2.28. The fourth-order valence-electron chi connectivity index (χ4n) is 3.58. The summed E-state index contributed by atoms with van der Waals surface area (Å²) in [5.74, 6) is -1.30. The lowest BCUT2D eigenvalue weighted by molar-refractivity contribution is -0.137. The zero-order chi connectivity index (χ0) is 25.8. The first-order valence-electron chi connectivity index (χ1n) is 11.6. The Hall–Kier alpha value is -3.65. The van der Waals surface area contributed by atoms with Crippen molar-refractivity contribution >= 4 is 11.9 Å². The average molecular weight is 480 g/mol. The second kappa shape index (κ2) is 10.7. The number of nitrogens with zero attached hydrogens (tertiary/aromatic N) is 2. The van der Waals surface area contributed by atoms with Gasteiger partial charge in [-0.1, -0.05) is 55.8 Å². The quantitative estimate of drug-likeness (QED) is 0.401. The summed E-state index contributed by atoms with van der Waals surface area (Å²) in [6, 6.07) is 15.6. The molecule has 8 heteroatoms. The van der Waals surface area contributed by atoms with Gasteiger partial charge in [-0.25, -0.2) is 4.68 Å². The Kier molecular flexibility index (Phi) is 7.96. The highest BCUT2D eigenvalue weighted by molar-refractivity contribution is 5.93. The van der Waals surface area contributed by atoms with Crippen LogP contribution in [-0.2, 0) is 4.79 Å². The Morgan fingerprint density at radius 2 is 1.80 bits per heavy atom. The van der Waals surface area contributed by atoms with Crippen molar-refractivity contribution in [2.24, 2.45) is 5.92 Å². The number of aliphatic carboxylic acids is 1. The van der Waals surface area contributed by atoms with Gasteiger partial charge in [-0.05, 0) is 49.9 Å². The van der Waals surface area contributed by atoms with Crippen LogP contribution in [0.3, 0.4) is 0 Å². The minimum Gasteiger partial charge on any atom is -0.481 e. The van der Waals surface area contributed by atoms with Crippen LogP contribution in [0, 0.1) is 19.8 Å². The Bertz CT molecular complexity index is 1180. The number of amides is 1. The molecule has 186 valence electrons. The Morgan fingerprint density at radius 3 is 2.40 bits per heavy atom. The zero-order valence-corrected chi connectivity index (χ0v) is 20.8. The molecule has 0 unspecified atom stereocenters. The first kappa shape index (κ1) is 26.0. The number of benzene rings is 2. The second-order valence-electron chi connectivity index (χ2n) is 9.40. The van der Waals surface area contributed by atoms with Crippen LogP contribution in [0.5, 0.6) is 5.88 Å². The van der Waals surface area contributed by atoms with Gasteiger partial charge in [0.2, 0.25) is 5.88 Å². The number of hydrogen-bond acceptors (Lipinski definition) is 5. The molecule has 2 atom stereocenters. The van der Waals surface area contributed by atoms with Gasteiger partial charge in [0.15, 0.2) is 5.69 Å². The SMILES string of the molecule is Cc1ccc([C@H](CC(=O)O)NC(=O)c2cc(OC[C@](C)(O)C(C)C)n(-c3ccccc3)n2)c(C)c1. The normalized spacial score (nSPS) is 13.8. The summed E-state index contributed by atoms with van der Waals surface area (Å²) < 4.78 is 7.41. The van der Waals surface area contributed by atoms with Crippen LogP contribution in [0.1, 0.15) is 60.4 Å². The maximum atomic E-state index is 13.2. The van der Waals surface area contributed by atoms with Crippen molar-refractivity contribution in [3.63, 3.8) is 0 Å². The maximum absolute atomic E-state index is 13.2. The number of nitrogens with one attached hydrogen (secondary N) is 1. The van der Waals surface area contributed by atoms with Crippen molar-refractivity contribution in [1.82, 2.24) is 15.1 Å². The van der Waals surface area contributed by atoms with E-state index >= 15 is 0 Å². The first-order chi connectivity index (χ1) is 16.5. The van der Waals surface area contributed by atoms with Crippen LogP contribution >= 0.6 is 0 Å². The second-order valence-corrected chi connectivity index (χ2v) is 9.40. The molecule has 3 N–H and O–H groups in total. The maximum Gasteiger partial charge on any atom is 0.305 e. The highest BCUT2D eigenvalue weighted by atomic mass is 16.5. The van der Waals surface area contributed by atoms with E-state index in [9.17, 15) is 19.8 Å². The Morgan fingerprint density at radius 1 is 1.11 bits per heavy atom. The molecule has 1 heterocycles. The molecule has 1 amide bonds. The van der Waals surface area contributed by atoms with Gasteiger partial charge >= 0.3 is 5.97 Å². The van der Waals surface area contributed by atoms with Gasteiger partial charge in [0.1, 0.15) is 6.61 Å². The van der Waals surface area contributed by atoms with Crippen LogP contribution in [-0.4, -0.2) is 44.1 Å². The van der Waals surface area contributed by atoms with E-state index in [4.69, 9.17) is 4.74 Å². The number of rotatable bonds is 10. The standard InChI is InChI=1S/C27H33N3O5/c1-17(2)27(5,34)16-35-24-14-23(29-30(24)20-9-7-6-8-10-20)26(33)28-22(15-25(31)32)21-12-11-18(3)13-19(21)4/h6-14,17,22,34H,15-16H2,1-5H3,(H,28,33)(H,31,32)/t22-,27-/m0/s1. The minimum atomic E-state index is -1.08. The number of carbonyl (C=O) groups is 2. The monoisotopic (exact) mass is 479 g/mol. The number of hydrogen-bond donors (Lipinski definition) is 3. The van der Waals surface area contributed by atoms with Gasteiger partial charge in [-0.15, -0.1) is 0 Å². The number of aryl methyl sites for hydroxylation is 2. The number of aromatic nitrogens is 2. The van der Waals surface area contributed by atoms with Gasteiger partial charge in [-0.2, -0.15) is 5.10 Å². The lowest BCUT2D eigenvalue weighted by Gasteiger charge is -2.27. The molecule has 0 aliphatic heterocycles. The van der Waals surface area contributed by atoms with E-state index < -0.39 is 23.5 Å². The third-order valence-electron chi connectivity index (χ3n) is 6.15. The molecule has 0 radical (unpaired) electrons. The molecule has 0 saturated carbocycles. The van der Waals surface area contributed by atoms with Crippen LogP contribution in [0.2, 0.25) is 0 Å². The molecule has 35 heavy (non-hydrogen) atoms. The van der Waals surface area contributed by atoms with Gasteiger partial charge in [-0.3, -0.25) is 9.59 Å². The molecule has 0 bridgehead atoms. The van der Waals surface area contributed by atoms with Gasteiger partial charge in [0, 0.05) is 6.07 Å². The number of carboxylic acids is 1. The lowest BCUT2D eigenvalue weighted by Crippen LogP contribution is -2.38. The number of ether oxygens (including phenoxy) is 1. The smallest absolute Gasteiger partial charge is 0.305 e. The molecule has 0 spiro atoms. The first-order valence-corrected chi connectivity index (χ1v) is 11.6. The third-order valence-corrected chi connectivity index (χ3v) is 6.15. The summed E-state index contributed by atoms with van der Waals surface area (Å²) in [4.78, 5) is 24.8. The van der Waals surface area contributed by atoms with E-state index in [1.54, 1.807) is 6.92 Å². The highest BCUT2D eigenvalue weighted by Crippen LogP contribution is 2.25. The summed E-state index contributed by atoms with van der Waals surface area (Å²) in [5.41, 5.74) is 2.36. The van der Waals surface area contributed by atoms with Crippen molar-refractivity contribution < 1.29 is 24.5 Å². The van der Waals surface area contributed by atoms with Gasteiger partial charge in [0.05, 0.1) is 23.8 Å². The van der Waals surface area contributed by atoms with Crippen molar-refractivity contribution in [2.75, 3.05) is 6.61 Å². The van der Waals surface area contributed by atoms with E-state index in [1.807, 2.05) is 76.2 Å². The van der Waals surface area contributed by atoms with E-state index in [1.165, 1.54) is 10.7 Å². The number of carboxylic acid groups (broad SMARTS) is 1. The Labute approximate surface area is 205 Å². The molecule has 0 saturated heterocycles. The van der Waals surface area contributed by atoms with E-state index in [0.29, 0.717) is 11.6 Å². The van der Waals surface area contributed by atoms with Crippen LogP contribution in [0.4, 0.5) is 0 Å². The Balaban J connectivity index is 1.92. The van der Waals surface area contributed by atoms with Crippen molar-refractivity contribution in [3.05, 3.63) is 77.0 Å². The topological polar surface area (TPSA) is 114 Å². The molecule has 2 aromatic carbocycles. The molecule has 0 aliphatic carbocycles. The molecule has 1 aromatic heterocycles. The van der Waals surface area contributed by atoms with Crippen LogP contribution < -0.4 is 10.1 Å². The fraction of sp³-hybridized carbons (Fsp3) is 0.370. The van der Waals surface area contributed by atoms with Crippen molar-refractivity contribution in [3.8, 4) is 11.6 Å². The van der Waals surface area contributed by atoms with Crippen molar-refractivity contribution in [2.45, 2.75) is 52.7 Å². The molecular formula is C27H33N3O5. The van der Waals surface area contributed by atoms with Crippen LogP contribution in [0.15, 0.2) is 54.6 Å². The predicted molar refractivity (Wildman–Crippen MR) is 133 cm³/mol. The molecule has 3 aromatic rings. The summed E-state index contributed by atoms with van der Waals surface area (Å²) in [5, 5.41) is 27.3. The van der Waals surface area contributed by atoms with E-state index in [0.717, 1.165) is 16.7 Å². The molecule has 0 fully saturated rings. The van der Waals surface area contributed by atoms with E-state index in [2.05, 4.69) is 10.4 Å². The van der Waals surface area contributed by atoms with Crippen LogP contribution in [0.25, 0.3) is 5.69 Å². The van der Waals surface area contributed by atoms with Crippen molar-refractivity contribution in [1.29, 1.82) is 0 Å². The molecular weight excluding hydrogens is 446 g/mol. The summed E-state index contributed by atoms with van der Waals surface area (Å²) in [6.45, 7) is 9.33. The summed E-state index contributed by atoms with van der Waals surface area (Å²) >= 11 is 0. The molecule has 8 nitrogen and oxygen atoms in total. The number of carbonyl (C=O) groups excluding carboxylic acids is 1.